The third-order valence-corrected chi connectivity index (χ3v) is 6.09. The number of hydrogen-bond donors (Lipinski definition) is 2. The molecular formula is C21H26N4O2S. The van der Waals surface area contributed by atoms with Gasteiger partial charge in [0.25, 0.3) is 0 Å². The molecule has 2 heterocycles. The van der Waals surface area contributed by atoms with Crippen LogP contribution in [0.3, 0.4) is 0 Å². The molecule has 1 fully saturated rings. The Hall–Kier alpha value is -2.54. The number of benzene rings is 1. The van der Waals surface area contributed by atoms with Gasteiger partial charge in [0.1, 0.15) is 5.82 Å². The number of carbonyl (C=O) groups is 2. The molecule has 6 nitrogen and oxygen atoms in total. The molecule has 0 bridgehead atoms. The number of piperidine rings is 1. The number of carbonyl (C=O) groups excluding carboxylic acids is 2. The van der Waals surface area contributed by atoms with E-state index in [9.17, 15) is 9.59 Å². The summed E-state index contributed by atoms with van der Waals surface area (Å²) in [5.74, 6) is 1.17. The van der Waals surface area contributed by atoms with Gasteiger partial charge in [0.05, 0.1) is 23.1 Å². The zero-order valence-corrected chi connectivity index (χ0v) is 16.8. The molecule has 0 spiro atoms. The zero-order valence-electron chi connectivity index (χ0n) is 16.0. The Balaban J connectivity index is 1.52. The molecule has 7 heteroatoms. The van der Waals surface area contributed by atoms with Crippen LogP contribution in [0.4, 0.5) is 11.5 Å². The SMILES string of the molecule is CC(SCc1ccccc1)C(=O)Nc1ccc(N2CCCC(C(N)=O)C2)nc1. The van der Waals surface area contributed by atoms with E-state index in [1.54, 1.807) is 18.0 Å². The lowest BCUT2D eigenvalue weighted by Gasteiger charge is -2.32. The Labute approximate surface area is 169 Å². The minimum absolute atomic E-state index is 0.0396. The average molecular weight is 399 g/mol. The summed E-state index contributed by atoms with van der Waals surface area (Å²) in [6.07, 6.45) is 3.41. The number of nitrogens with zero attached hydrogens (tertiary/aromatic N) is 2. The molecule has 1 aromatic carbocycles. The minimum atomic E-state index is -0.254. The molecule has 2 unspecified atom stereocenters. The van der Waals surface area contributed by atoms with Crippen LogP contribution in [0.5, 0.6) is 0 Å². The highest BCUT2D eigenvalue weighted by molar-refractivity contribution is 7.99. The second-order valence-corrected chi connectivity index (χ2v) is 8.35. The number of thioether (sulfide) groups is 1. The molecule has 3 rings (SSSR count). The summed E-state index contributed by atoms with van der Waals surface area (Å²) in [5.41, 5.74) is 7.31. The molecule has 1 aliphatic rings. The number of primary amides is 1. The predicted molar refractivity (Wildman–Crippen MR) is 114 cm³/mol. The monoisotopic (exact) mass is 398 g/mol. The van der Waals surface area contributed by atoms with E-state index >= 15 is 0 Å². The van der Waals surface area contributed by atoms with E-state index in [0.29, 0.717) is 12.2 Å². The normalized spacial score (nSPS) is 17.8. The molecular weight excluding hydrogens is 372 g/mol. The number of anilines is 2. The van der Waals surface area contributed by atoms with Gasteiger partial charge in [0.2, 0.25) is 11.8 Å². The lowest BCUT2D eigenvalue weighted by Crippen LogP contribution is -2.41. The molecule has 148 valence electrons. The van der Waals surface area contributed by atoms with Gasteiger partial charge in [-0.15, -0.1) is 11.8 Å². The molecule has 0 aliphatic carbocycles. The van der Waals surface area contributed by atoms with Crippen LogP contribution < -0.4 is 16.0 Å². The molecule has 2 atom stereocenters. The van der Waals surface area contributed by atoms with E-state index in [-0.39, 0.29) is 23.0 Å². The van der Waals surface area contributed by atoms with Crippen molar-refractivity contribution in [1.29, 1.82) is 0 Å². The predicted octanol–water partition coefficient (Wildman–Crippen LogP) is 3.04. The second kappa shape index (κ2) is 9.59. The van der Waals surface area contributed by atoms with Crippen molar-refractivity contribution in [3.05, 3.63) is 54.2 Å². The summed E-state index contributed by atoms with van der Waals surface area (Å²) in [7, 11) is 0. The van der Waals surface area contributed by atoms with Gasteiger partial charge in [-0.3, -0.25) is 9.59 Å². The fourth-order valence-electron chi connectivity index (χ4n) is 3.18. The maximum atomic E-state index is 12.4. The van der Waals surface area contributed by atoms with Crippen molar-refractivity contribution in [3.63, 3.8) is 0 Å². The van der Waals surface area contributed by atoms with Crippen LogP contribution in [0.15, 0.2) is 48.7 Å². The van der Waals surface area contributed by atoms with Crippen molar-refractivity contribution in [2.45, 2.75) is 30.8 Å². The Morgan fingerprint density at radius 1 is 1.29 bits per heavy atom. The molecule has 2 amide bonds. The number of hydrogen-bond acceptors (Lipinski definition) is 5. The summed E-state index contributed by atoms with van der Waals surface area (Å²) in [5, 5.41) is 2.75. The second-order valence-electron chi connectivity index (χ2n) is 7.02. The van der Waals surface area contributed by atoms with Crippen LogP contribution in [-0.4, -0.2) is 35.1 Å². The van der Waals surface area contributed by atoms with Gasteiger partial charge in [-0.2, -0.15) is 0 Å². The smallest absolute Gasteiger partial charge is 0.237 e. The Bertz CT molecular complexity index is 798. The van der Waals surface area contributed by atoms with Crippen LogP contribution in [0, 0.1) is 5.92 Å². The summed E-state index contributed by atoms with van der Waals surface area (Å²) in [4.78, 5) is 30.4. The van der Waals surface area contributed by atoms with E-state index in [1.165, 1.54) is 5.56 Å². The van der Waals surface area contributed by atoms with Gasteiger partial charge in [-0.1, -0.05) is 30.3 Å². The van der Waals surface area contributed by atoms with Crippen molar-refractivity contribution in [2.75, 3.05) is 23.3 Å². The molecule has 2 aromatic rings. The molecule has 1 aliphatic heterocycles. The summed E-state index contributed by atoms with van der Waals surface area (Å²) < 4.78 is 0. The summed E-state index contributed by atoms with van der Waals surface area (Å²) in [6.45, 7) is 3.36. The standard InChI is InChI=1S/C21H26N4O2S/c1-15(28-14-16-6-3-2-4-7-16)21(27)24-18-9-10-19(23-12-18)25-11-5-8-17(13-25)20(22)26/h2-4,6-7,9-10,12,15,17H,5,8,11,13-14H2,1H3,(H2,22,26)(H,24,27). The van der Waals surface area contributed by atoms with Crippen molar-refractivity contribution < 1.29 is 9.59 Å². The molecule has 0 radical (unpaired) electrons. The van der Waals surface area contributed by atoms with Gasteiger partial charge >= 0.3 is 0 Å². The first-order valence-electron chi connectivity index (χ1n) is 9.49. The lowest BCUT2D eigenvalue weighted by molar-refractivity contribution is -0.122. The van der Waals surface area contributed by atoms with E-state index < -0.39 is 0 Å². The first-order chi connectivity index (χ1) is 13.5. The van der Waals surface area contributed by atoms with Gasteiger partial charge in [-0.25, -0.2) is 4.98 Å². The molecule has 3 N–H and O–H groups in total. The van der Waals surface area contributed by atoms with E-state index in [4.69, 9.17) is 5.73 Å². The maximum absolute atomic E-state index is 12.4. The largest absolute Gasteiger partial charge is 0.369 e. The number of amides is 2. The highest BCUT2D eigenvalue weighted by Crippen LogP contribution is 2.23. The summed E-state index contributed by atoms with van der Waals surface area (Å²) >= 11 is 1.60. The maximum Gasteiger partial charge on any atom is 0.237 e. The van der Waals surface area contributed by atoms with Gasteiger partial charge < -0.3 is 16.0 Å². The van der Waals surface area contributed by atoms with E-state index in [1.807, 2.05) is 37.3 Å². The Morgan fingerprint density at radius 2 is 2.07 bits per heavy atom. The van der Waals surface area contributed by atoms with Crippen molar-refractivity contribution in [3.8, 4) is 0 Å². The van der Waals surface area contributed by atoms with Crippen molar-refractivity contribution in [2.24, 2.45) is 11.7 Å². The highest BCUT2D eigenvalue weighted by Gasteiger charge is 2.24. The quantitative estimate of drug-likeness (QED) is 0.748. The zero-order chi connectivity index (χ0) is 19.9. The van der Waals surface area contributed by atoms with Gasteiger partial charge in [0.15, 0.2) is 0 Å². The van der Waals surface area contributed by atoms with E-state index in [2.05, 4.69) is 27.3 Å². The summed E-state index contributed by atoms with van der Waals surface area (Å²) in [6, 6.07) is 13.8. The highest BCUT2D eigenvalue weighted by atomic mass is 32.2. The number of nitrogens with two attached hydrogens (primary N) is 1. The van der Waals surface area contributed by atoms with Crippen molar-refractivity contribution >= 4 is 35.1 Å². The van der Waals surface area contributed by atoms with Crippen LogP contribution in [0.2, 0.25) is 0 Å². The van der Waals surface area contributed by atoms with Gasteiger partial charge in [-0.05, 0) is 37.5 Å². The van der Waals surface area contributed by atoms with Crippen LogP contribution in [-0.2, 0) is 15.3 Å². The van der Waals surface area contributed by atoms with E-state index in [0.717, 1.165) is 31.0 Å². The fourth-order valence-corrected chi connectivity index (χ4v) is 4.02. The number of pyridine rings is 1. The number of rotatable bonds is 7. The topological polar surface area (TPSA) is 88.3 Å². The van der Waals surface area contributed by atoms with Crippen LogP contribution in [0.25, 0.3) is 0 Å². The fraction of sp³-hybridized carbons (Fsp3) is 0.381. The molecule has 0 saturated carbocycles. The molecule has 1 aromatic heterocycles. The molecule has 1 saturated heterocycles. The Kier molecular flexibility index (Phi) is 6.92. The first-order valence-corrected chi connectivity index (χ1v) is 10.5. The van der Waals surface area contributed by atoms with Crippen LogP contribution >= 0.6 is 11.8 Å². The third kappa shape index (κ3) is 5.48. The third-order valence-electron chi connectivity index (χ3n) is 4.88. The Morgan fingerprint density at radius 3 is 2.75 bits per heavy atom. The number of nitrogens with one attached hydrogen (secondary N) is 1. The van der Waals surface area contributed by atoms with Crippen LogP contribution in [0.1, 0.15) is 25.3 Å². The first kappa shape index (κ1) is 20.2. The molecule has 28 heavy (non-hydrogen) atoms. The lowest BCUT2D eigenvalue weighted by atomic mass is 9.97. The minimum Gasteiger partial charge on any atom is -0.369 e. The van der Waals surface area contributed by atoms with Gasteiger partial charge in [0, 0.05) is 18.8 Å². The average Bonchev–Trinajstić information content (AvgIpc) is 2.73. The van der Waals surface area contributed by atoms with Crippen molar-refractivity contribution in [1.82, 2.24) is 4.98 Å². The number of aromatic nitrogens is 1.